The van der Waals surface area contributed by atoms with Crippen LogP contribution in [0.4, 0.5) is 0 Å². The van der Waals surface area contributed by atoms with Gasteiger partial charge >= 0.3 is 0 Å². The van der Waals surface area contributed by atoms with E-state index in [2.05, 4.69) is 60.7 Å². The Morgan fingerprint density at radius 1 is 0.941 bits per heavy atom. The number of fused-ring (bicyclic) bond motifs is 4. The van der Waals surface area contributed by atoms with Crippen molar-refractivity contribution >= 4 is 22.4 Å². The van der Waals surface area contributed by atoms with Gasteiger partial charge in [-0.05, 0) is 44.9 Å². The Balaban J connectivity index is 2.28. The van der Waals surface area contributed by atoms with E-state index in [4.69, 9.17) is 0 Å². The molecule has 0 saturated carbocycles. The highest BCUT2D eigenvalue weighted by Gasteiger charge is 2.11. The summed E-state index contributed by atoms with van der Waals surface area (Å²) < 4.78 is 0. The van der Waals surface area contributed by atoms with Gasteiger partial charge in [-0.15, -0.1) is 0 Å². The third-order valence-corrected chi connectivity index (χ3v) is 3.63. The standard InChI is InChI=1S/C17H12/c1-3-7-14-12(5-1)9-10-16-15-8-4-2-6-13(15)11-17(14)16/h1,3-11H,2H2. The minimum absolute atomic E-state index is 1.06. The Bertz CT molecular complexity index is 802. The molecule has 0 nitrogen and oxygen atoms in total. The topological polar surface area (TPSA) is 0 Å². The van der Waals surface area contributed by atoms with Gasteiger partial charge in [0.2, 0.25) is 0 Å². The lowest BCUT2D eigenvalue weighted by molar-refractivity contribution is 1.35. The highest BCUT2D eigenvalue weighted by Crippen LogP contribution is 2.22. The first kappa shape index (κ1) is 9.00. The van der Waals surface area contributed by atoms with Gasteiger partial charge in [0.05, 0.1) is 0 Å². The summed E-state index contributed by atoms with van der Waals surface area (Å²) >= 11 is 0. The van der Waals surface area contributed by atoms with Crippen LogP contribution in [0.3, 0.4) is 0 Å². The second kappa shape index (κ2) is 3.21. The average molecular weight is 216 g/mol. The van der Waals surface area contributed by atoms with Crippen molar-refractivity contribution in [3.05, 3.63) is 70.6 Å². The van der Waals surface area contributed by atoms with Crippen LogP contribution < -0.4 is 10.4 Å². The van der Waals surface area contributed by atoms with Crippen molar-refractivity contribution in [1.29, 1.82) is 0 Å². The molecule has 0 bridgehead atoms. The lowest BCUT2D eigenvalue weighted by atomic mass is 10.0. The fraction of sp³-hybridized carbons (Fsp3) is 0.0588. The Kier molecular flexibility index (Phi) is 1.70. The molecule has 2 aliphatic rings. The Morgan fingerprint density at radius 2 is 1.88 bits per heavy atom. The van der Waals surface area contributed by atoms with E-state index in [1.165, 1.54) is 32.4 Å². The number of hydrogen-bond acceptors (Lipinski definition) is 0. The summed E-state index contributed by atoms with van der Waals surface area (Å²) in [5, 5.41) is 5.45. The van der Waals surface area contributed by atoms with Crippen LogP contribution in [0.15, 0.2) is 60.2 Å². The van der Waals surface area contributed by atoms with Crippen molar-refractivity contribution < 1.29 is 0 Å². The third kappa shape index (κ3) is 1.18. The first-order chi connectivity index (χ1) is 8.43. The molecule has 0 heteroatoms. The van der Waals surface area contributed by atoms with E-state index >= 15 is 0 Å². The molecule has 2 aromatic carbocycles. The zero-order chi connectivity index (χ0) is 11.2. The average Bonchev–Trinajstić information content (AvgIpc) is 2.78. The van der Waals surface area contributed by atoms with Gasteiger partial charge in [0.1, 0.15) is 0 Å². The summed E-state index contributed by atoms with van der Waals surface area (Å²) in [5.74, 6) is 0. The molecule has 0 heterocycles. The SMILES string of the molecule is C1=CC2=c3ccc4ccccc4c3=CC2=CC1. The number of hydrogen-bond donors (Lipinski definition) is 0. The summed E-state index contributed by atoms with van der Waals surface area (Å²) in [6.07, 6.45) is 10.2. The largest absolute Gasteiger partial charge is 0.0801 e. The normalized spacial score (nSPS) is 16.5. The van der Waals surface area contributed by atoms with E-state index in [1.54, 1.807) is 0 Å². The highest BCUT2D eigenvalue weighted by atomic mass is 14.2. The van der Waals surface area contributed by atoms with E-state index in [9.17, 15) is 0 Å². The molecule has 0 unspecified atom stereocenters. The molecule has 0 N–H and O–H groups in total. The molecule has 0 saturated heterocycles. The van der Waals surface area contributed by atoms with Crippen molar-refractivity contribution in [1.82, 2.24) is 0 Å². The molecular weight excluding hydrogens is 204 g/mol. The number of rotatable bonds is 0. The molecule has 0 aromatic heterocycles. The van der Waals surface area contributed by atoms with E-state index in [0.29, 0.717) is 0 Å². The number of allylic oxidation sites excluding steroid dienone is 4. The maximum Gasteiger partial charge on any atom is -0.00931 e. The van der Waals surface area contributed by atoms with E-state index < -0.39 is 0 Å². The molecule has 0 radical (unpaired) electrons. The zero-order valence-electron chi connectivity index (χ0n) is 9.48. The Labute approximate surface area is 99.9 Å². The van der Waals surface area contributed by atoms with Gasteiger partial charge in [-0.25, -0.2) is 0 Å². The van der Waals surface area contributed by atoms with Gasteiger partial charge < -0.3 is 0 Å². The molecule has 2 aromatic rings. The highest BCUT2D eigenvalue weighted by molar-refractivity contribution is 5.94. The fourth-order valence-corrected chi connectivity index (χ4v) is 2.81. The van der Waals surface area contributed by atoms with Crippen molar-refractivity contribution in [2.45, 2.75) is 6.42 Å². The van der Waals surface area contributed by atoms with Gasteiger partial charge in [0.25, 0.3) is 0 Å². The maximum absolute atomic E-state index is 2.33. The summed E-state index contributed by atoms with van der Waals surface area (Å²) in [6, 6.07) is 13.1. The summed E-state index contributed by atoms with van der Waals surface area (Å²) in [6.45, 7) is 0. The third-order valence-electron chi connectivity index (χ3n) is 3.63. The molecule has 0 spiro atoms. The van der Waals surface area contributed by atoms with Crippen LogP contribution in [0, 0.1) is 0 Å². The summed E-state index contributed by atoms with van der Waals surface area (Å²) in [7, 11) is 0. The number of benzene rings is 2. The first-order valence-electron chi connectivity index (χ1n) is 6.04. The molecule has 0 fully saturated rings. The second-order valence-corrected chi connectivity index (χ2v) is 4.60. The van der Waals surface area contributed by atoms with Gasteiger partial charge in [-0.1, -0.05) is 54.6 Å². The van der Waals surface area contributed by atoms with Crippen LogP contribution in [0.5, 0.6) is 0 Å². The van der Waals surface area contributed by atoms with Gasteiger partial charge in [0.15, 0.2) is 0 Å². The molecule has 0 atom stereocenters. The Hall–Kier alpha value is -2.08. The molecular formula is C17H12. The van der Waals surface area contributed by atoms with Crippen LogP contribution in [-0.4, -0.2) is 0 Å². The van der Waals surface area contributed by atoms with E-state index in [1.807, 2.05) is 0 Å². The van der Waals surface area contributed by atoms with Crippen LogP contribution >= 0.6 is 0 Å². The van der Waals surface area contributed by atoms with E-state index in [-0.39, 0.29) is 0 Å². The van der Waals surface area contributed by atoms with Crippen molar-refractivity contribution in [2.24, 2.45) is 0 Å². The van der Waals surface area contributed by atoms with Crippen molar-refractivity contribution in [2.75, 3.05) is 0 Å². The molecule has 0 amide bonds. The predicted octanol–water partition coefficient (Wildman–Crippen LogP) is 2.67. The summed E-state index contributed by atoms with van der Waals surface area (Å²) in [4.78, 5) is 0. The van der Waals surface area contributed by atoms with Gasteiger partial charge in [0, 0.05) is 0 Å². The van der Waals surface area contributed by atoms with Crippen LogP contribution in [0.2, 0.25) is 0 Å². The Morgan fingerprint density at radius 3 is 2.88 bits per heavy atom. The van der Waals surface area contributed by atoms with Crippen molar-refractivity contribution in [3.8, 4) is 0 Å². The monoisotopic (exact) mass is 216 g/mol. The second-order valence-electron chi connectivity index (χ2n) is 4.60. The van der Waals surface area contributed by atoms with Crippen LogP contribution in [-0.2, 0) is 0 Å². The molecule has 17 heavy (non-hydrogen) atoms. The smallest absolute Gasteiger partial charge is 0.00931 e. The van der Waals surface area contributed by atoms with Crippen molar-refractivity contribution in [3.63, 3.8) is 0 Å². The first-order valence-corrected chi connectivity index (χ1v) is 6.04. The summed E-state index contributed by atoms with van der Waals surface area (Å²) in [5.41, 5.74) is 2.77. The molecule has 0 aliphatic heterocycles. The van der Waals surface area contributed by atoms with E-state index in [0.717, 1.165) is 6.42 Å². The molecule has 2 aliphatic carbocycles. The lowest BCUT2D eigenvalue weighted by Crippen LogP contribution is -2.23. The lowest BCUT2D eigenvalue weighted by Gasteiger charge is -2.03. The zero-order valence-corrected chi connectivity index (χ0v) is 9.48. The van der Waals surface area contributed by atoms with Gasteiger partial charge in [-0.2, -0.15) is 0 Å². The quantitative estimate of drug-likeness (QED) is 0.635. The minimum atomic E-state index is 1.06. The van der Waals surface area contributed by atoms with Gasteiger partial charge in [-0.3, -0.25) is 0 Å². The molecule has 4 rings (SSSR count). The fourth-order valence-electron chi connectivity index (χ4n) is 2.81. The van der Waals surface area contributed by atoms with Crippen LogP contribution in [0.25, 0.3) is 22.4 Å². The minimum Gasteiger partial charge on any atom is -0.0801 e. The maximum atomic E-state index is 2.33. The predicted molar refractivity (Wildman–Crippen MR) is 72.9 cm³/mol. The molecule has 80 valence electrons. The van der Waals surface area contributed by atoms with Crippen LogP contribution in [0.1, 0.15) is 6.42 Å².